The Hall–Kier alpha value is -0.690. The molecule has 0 bridgehead atoms. The van der Waals surface area contributed by atoms with Gasteiger partial charge in [-0.25, -0.2) is 0 Å². The van der Waals surface area contributed by atoms with Crippen LogP contribution in [0.1, 0.15) is 60.8 Å². The summed E-state index contributed by atoms with van der Waals surface area (Å²) in [6, 6.07) is 0.0809. The molecular formula is C20H40N2O4. The number of ether oxygens (including phenoxy) is 3. The summed E-state index contributed by atoms with van der Waals surface area (Å²) in [6.07, 6.45) is 3.41. The van der Waals surface area contributed by atoms with E-state index in [0.29, 0.717) is 19.8 Å². The van der Waals surface area contributed by atoms with Crippen molar-refractivity contribution in [3.8, 4) is 0 Å². The Bertz CT molecular complexity index is 390. The SMILES string of the molecule is CC(CC(C)OC(C)C)NC(=O)C1CCCN1CCOCCOC(C)C. The highest BCUT2D eigenvalue weighted by Gasteiger charge is 2.31. The molecule has 0 aliphatic carbocycles. The van der Waals surface area contributed by atoms with Crippen molar-refractivity contribution in [3.63, 3.8) is 0 Å². The summed E-state index contributed by atoms with van der Waals surface area (Å²) in [5, 5.41) is 3.16. The number of carbonyl (C=O) groups is 1. The number of likely N-dealkylation sites (tertiary alicyclic amines) is 1. The molecule has 0 aromatic heterocycles. The van der Waals surface area contributed by atoms with Crippen molar-refractivity contribution < 1.29 is 19.0 Å². The Kier molecular flexibility index (Phi) is 11.4. The first kappa shape index (κ1) is 23.3. The van der Waals surface area contributed by atoms with Crippen molar-refractivity contribution in [2.45, 2.75) is 91.2 Å². The van der Waals surface area contributed by atoms with E-state index in [1.807, 2.05) is 27.7 Å². The topological polar surface area (TPSA) is 60.0 Å². The number of nitrogens with one attached hydrogen (secondary N) is 1. The van der Waals surface area contributed by atoms with E-state index in [4.69, 9.17) is 14.2 Å². The average molecular weight is 373 g/mol. The van der Waals surface area contributed by atoms with Crippen LogP contribution in [0.15, 0.2) is 0 Å². The highest BCUT2D eigenvalue weighted by molar-refractivity contribution is 5.82. The molecule has 0 radical (unpaired) electrons. The second kappa shape index (κ2) is 12.7. The lowest BCUT2D eigenvalue weighted by Crippen LogP contribution is -2.47. The van der Waals surface area contributed by atoms with Gasteiger partial charge in [-0.3, -0.25) is 9.69 Å². The maximum Gasteiger partial charge on any atom is 0.237 e. The predicted molar refractivity (Wildman–Crippen MR) is 104 cm³/mol. The van der Waals surface area contributed by atoms with Crippen molar-refractivity contribution >= 4 is 5.91 Å². The van der Waals surface area contributed by atoms with Crippen LogP contribution in [-0.4, -0.2) is 74.1 Å². The molecule has 0 aromatic rings. The molecule has 1 aliphatic heterocycles. The third kappa shape index (κ3) is 9.86. The fourth-order valence-electron chi connectivity index (χ4n) is 3.43. The summed E-state index contributed by atoms with van der Waals surface area (Å²) in [5.74, 6) is 0.134. The molecular weight excluding hydrogens is 332 g/mol. The molecule has 3 atom stereocenters. The van der Waals surface area contributed by atoms with Crippen LogP contribution in [-0.2, 0) is 19.0 Å². The van der Waals surface area contributed by atoms with E-state index in [2.05, 4.69) is 24.1 Å². The number of nitrogens with zero attached hydrogens (tertiary/aromatic N) is 1. The molecule has 3 unspecified atom stereocenters. The van der Waals surface area contributed by atoms with Crippen LogP contribution in [0.5, 0.6) is 0 Å². The van der Waals surface area contributed by atoms with Gasteiger partial charge in [0.2, 0.25) is 5.91 Å². The Balaban J connectivity index is 2.27. The van der Waals surface area contributed by atoms with Crippen LogP contribution in [0.2, 0.25) is 0 Å². The number of carbonyl (C=O) groups excluding carboxylic acids is 1. The summed E-state index contributed by atoms with van der Waals surface area (Å²) < 4.78 is 16.8. The molecule has 1 amide bonds. The first-order chi connectivity index (χ1) is 12.3. The Labute approximate surface area is 159 Å². The zero-order valence-electron chi connectivity index (χ0n) is 17.6. The smallest absolute Gasteiger partial charge is 0.237 e. The van der Waals surface area contributed by atoms with Gasteiger partial charge >= 0.3 is 0 Å². The molecule has 0 aromatic carbocycles. The zero-order valence-corrected chi connectivity index (χ0v) is 17.6. The second-order valence-corrected chi connectivity index (χ2v) is 7.87. The van der Waals surface area contributed by atoms with Crippen molar-refractivity contribution in [2.24, 2.45) is 0 Å². The molecule has 1 aliphatic rings. The van der Waals surface area contributed by atoms with Gasteiger partial charge in [0.1, 0.15) is 0 Å². The molecule has 1 rings (SSSR count). The van der Waals surface area contributed by atoms with Gasteiger partial charge in [0.25, 0.3) is 0 Å². The van der Waals surface area contributed by atoms with Gasteiger partial charge in [-0.2, -0.15) is 0 Å². The highest BCUT2D eigenvalue weighted by Crippen LogP contribution is 2.17. The van der Waals surface area contributed by atoms with Gasteiger partial charge in [-0.1, -0.05) is 0 Å². The molecule has 0 spiro atoms. The van der Waals surface area contributed by atoms with E-state index in [1.165, 1.54) is 0 Å². The van der Waals surface area contributed by atoms with E-state index in [0.717, 1.165) is 32.4 Å². The minimum Gasteiger partial charge on any atom is -0.378 e. The largest absolute Gasteiger partial charge is 0.378 e. The standard InChI is InChI=1S/C20H40N2O4/c1-15(2)25-13-12-24-11-10-22-9-7-8-19(22)20(23)21-17(5)14-18(6)26-16(3)4/h15-19H,7-14H2,1-6H3,(H,21,23). The molecule has 1 N–H and O–H groups in total. The molecule has 26 heavy (non-hydrogen) atoms. The van der Waals surface area contributed by atoms with E-state index < -0.39 is 0 Å². The third-order valence-electron chi connectivity index (χ3n) is 4.45. The Morgan fingerprint density at radius 3 is 2.46 bits per heavy atom. The molecule has 1 saturated heterocycles. The molecule has 1 heterocycles. The second-order valence-electron chi connectivity index (χ2n) is 7.87. The summed E-state index contributed by atoms with van der Waals surface area (Å²) in [6.45, 7) is 15.8. The van der Waals surface area contributed by atoms with Gasteiger partial charge in [-0.15, -0.1) is 0 Å². The van der Waals surface area contributed by atoms with E-state index >= 15 is 0 Å². The van der Waals surface area contributed by atoms with Crippen LogP contribution in [0.3, 0.4) is 0 Å². The van der Waals surface area contributed by atoms with E-state index in [-0.39, 0.29) is 36.3 Å². The first-order valence-electron chi connectivity index (χ1n) is 10.2. The Morgan fingerprint density at radius 2 is 1.81 bits per heavy atom. The molecule has 6 nitrogen and oxygen atoms in total. The predicted octanol–water partition coefficient (Wildman–Crippen LogP) is 2.60. The zero-order chi connectivity index (χ0) is 19.5. The van der Waals surface area contributed by atoms with Crippen LogP contribution >= 0.6 is 0 Å². The summed E-state index contributed by atoms with van der Waals surface area (Å²) >= 11 is 0. The van der Waals surface area contributed by atoms with Crippen molar-refractivity contribution in [3.05, 3.63) is 0 Å². The monoisotopic (exact) mass is 372 g/mol. The van der Waals surface area contributed by atoms with Crippen LogP contribution in [0.4, 0.5) is 0 Å². The molecule has 0 saturated carbocycles. The van der Waals surface area contributed by atoms with Crippen LogP contribution < -0.4 is 5.32 Å². The van der Waals surface area contributed by atoms with Gasteiger partial charge in [0.05, 0.1) is 44.2 Å². The van der Waals surface area contributed by atoms with Crippen molar-refractivity contribution in [1.82, 2.24) is 10.2 Å². The summed E-state index contributed by atoms with van der Waals surface area (Å²) in [7, 11) is 0. The number of amides is 1. The average Bonchev–Trinajstić information content (AvgIpc) is 2.97. The van der Waals surface area contributed by atoms with Crippen molar-refractivity contribution in [1.29, 1.82) is 0 Å². The molecule has 6 heteroatoms. The fraction of sp³-hybridized carbons (Fsp3) is 0.950. The minimum absolute atomic E-state index is 0.0331. The van der Waals surface area contributed by atoms with Crippen molar-refractivity contribution in [2.75, 3.05) is 32.9 Å². The number of rotatable bonds is 13. The number of hydrogen-bond acceptors (Lipinski definition) is 5. The third-order valence-corrected chi connectivity index (χ3v) is 4.45. The lowest BCUT2D eigenvalue weighted by Gasteiger charge is -2.26. The molecule has 1 fully saturated rings. The maximum absolute atomic E-state index is 12.6. The lowest BCUT2D eigenvalue weighted by molar-refractivity contribution is -0.126. The van der Waals surface area contributed by atoms with Gasteiger partial charge < -0.3 is 19.5 Å². The van der Waals surface area contributed by atoms with E-state index in [9.17, 15) is 4.79 Å². The van der Waals surface area contributed by atoms with E-state index in [1.54, 1.807) is 0 Å². The molecule has 154 valence electrons. The van der Waals surface area contributed by atoms with Crippen LogP contribution in [0.25, 0.3) is 0 Å². The quantitative estimate of drug-likeness (QED) is 0.504. The van der Waals surface area contributed by atoms with Gasteiger partial charge in [-0.05, 0) is 67.3 Å². The lowest BCUT2D eigenvalue weighted by atomic mass is 10.1. The maximum atomic E-state index is 12.6. The van der Waals surface area contributed by atoms with Gasteiger partial charge in [0.15, 0.2) is 0 Å². The highest BCUT2D eigenvalue weighted by atomic mass is 16.5. The minimum atomic E-state index is -0.0331. The normalized spacial score (nSPS) is 20.7. The Morgan fingerprint density at radius 1 is 1.08 bits per heavy atom. The first-order valence-corrected chi connectivity index (χ1v) is 10.2. The van der Waals surface area contributed by atoms with Gasteiger partial charge in [0, 0.05) is 12.6 Å². The van der Waals surface area contributed by atoms with Crippen LogP contribution in [0, 0.1) is 0 Å². The summed E-state index contributed by atoms with van der Waals surface area (Å²) in [5.41, 5.74) is 0. The summed E-state index contributed by atoms with van der Waals surface area (Å²) in [4.78, 5) is 14.9. The fourth-order valence-corrected chi connectivity index (χ4v) is 3.43. The number of hydrogen-bond donors (Lipinski definition) is 1.